The maximum Gasteiger partial charge on any atom is 0.225 e. The Morgan fingerprint density at radius 2 is 2.00 bits per heavy atom. The third-order valence-corrected chi connectivity index (χ3v) is 2.55. The van der Waals surface area contributed by atoms with Crippen LogP contribution in [0.4, 0.5) is 0 Å². The summed E-state index contributed by atoms with van der Waals surface area (Å²) in [4.78, 5) is 13.7. The normalized spacial score (nSPS) is 14.1. The van der Waals surface area contributed by atoms with E-state index in [1.165, 1.54) is 0 Å². The molecule has 15 heavy (non-hydrogen) atoms. The van der Waals surface area contributed by atoms with Gasteiger partial charge in [0.15, 0.2) is 0 Å². The first-order valence-corrected chi connectivity index (χ1v) is 5.75. The van der Waals surface area contributed by atoms with Gasteiger partial charge in [-0.05, 0) is 20.3 Å². The van der Waals surface area contributed by atoms with Crippen molar-refractivity contribution in [2.75, 3.05) is 13.1 Å². The second-order valence-corrected chi connectivity index (χ2v) is 4.10. The van der Waals surface area contributed by atoms with Crippen LogP contribution in [0, 0.1) is 23.2 Å². The van der Waals surface area contributed by atoms with Crippen molar-refractivity contribution in [3.05, 3.63) is 0 Å². The van der Waals surface area contributed by atoms with E-state index in [0.717, 1.165) is 12.8 Å². The second-order valence-electron chi connectivity index (χ2n) is 4.10. The molecule has 86 valence electrons. The first-order valence-electron chi connectivity index (χ1n) is 5.75. The topological polar surface area (TPSA) is 44.1 Å². The van der Waals surface area contributed by atoms with Crippen LogP contribution >= 0.6 is 0 Å². The Balaban J connectivity index is 4.28. The minimum atomic E-state index is -0.0808. The van der Waals surface area contributed by atoms with Crippen molar-refractivity contribution in [1.82, 2.24) is 4.90 Å². The third kappa shape index (κ3) is 4.83. The number of nitrogens with zero attached hydrogens (tertiary/aromatic N) is 2. The van der Waals surface area contributed by atoms with Gasteiger partial charge in [0.1, 0.15) is 0 Å². The molecular formula is C12H22N2O. The van der Waals surface area contributed by atoms with E-state index in [4.69, 9.17) is 5.26 Å². The van der Waals surface area contributed by atoms with Crippen LogP contribution < -0.4 is 0 Å². The fraction of sp³-hybridized carbons (Fsp3) is 0.833. The van der Waals surface area contributed by atoms with Gasteiger partial charge in [0.2, 0.25) is 5.91 Å². The maximum absolute atomic E-state index is 11.9. The number of carbonyl (C=O) groups excluding carboxylic acids is 1. The van der Waals surface area contributed by atoms with Gasteiger partial charge in [0.25, 0.3) is 0 Å². The molecule has 0 heterocycles. The molecule has 3 heteroatoms. The van der Waals surface area contributed by atoms with E-state index in [0.29, 0.717) is 13.1 Å². The van der Waals surface area contributed by atoms with E-state index >= 15 is 0 Å². The van der Waals surface area contributed by atoms with E-state index in [2.05, 4.69) is 13.0 Å². The molecular weight excluding hydrogens is 188 g/mol. The lowest BCUT2D eigenvalue weighted by atomic mass is 10.0. The molecule has 0 aliphatic carbocycles. The third-order valence-electron chi connectivity index (χ3n) is 2.55. The standard InChI is InChI=1S/C12H22N2O/c1-5-7-11(4)12(15)14(6-2)9-10(3)8-13/h10-11H,5-7,9H2,1-4H3. The summed E-state index contributed by atoms with van der Waals surface area (Å²) in [6.07, 6.45) is 1.95. The first-order chi connectivity index (χ1) is 7.06. The van der Waals surface area contributed by atoms with Crippen LogP contribution in [-0.2, 0) is 4.79 Å². The van der Waals surface area contributed by atoms with Crippen molar-refractivity contribution >= 4 is 5.91 Å². The molecule has 1 amide bonds. The van der Waals surface area contributed by atoms with Crippen molar-refractivity contribution < 1.29 is 4.79 Å². The molecule has 0 radical (unpaired) electrons. The Bertz CT molecular complexity index is 232. The summed E-state index contributed by atoms with van der Waals surface area (Å²) in [5.41, 5.74) is 0. The number of amides is 1. The molecule has 0 aromatic heterocycles. The van der Waals surface area contributed by atoms with Gasteiger partial charge in [0.05, 0.1) is 12.0 Å². The van der Waals surface area contributed by atoms with E-state index < -0.39 is 0 Å². The van der Waals surface area contributed by atoms with Crippen LogP contribution in [0.15, 0.2) is 0 Å². The molecule has 0 aliphatic heterocycles. The van der Waals surface area contributed by atoms with Crippen molar-refractivity contribution in [3.8, 4) is 6.07 Å². The molecule has 0 bridgehead atoms. The Morgan fingerprint density at radius 1 is 1.40 bits per heavy atom. The lowest BCUT2D eigenvalue weighted by Crippen LogP contribution is -2.37. The number of carbonyl (C=O) groups is 1. The highest BCUT2D eigenvalue weighted by atomic mass is 16.2. The lowest BCUT2D eigenvalue weighted by molar-refractivity contribution is -0.135. The number of nitriles is 1. The van der Waals surface area contributed by atoms with Crippen molar-refractivity contribution in [2.24, 2.45) is 11.8 Å². The zero-order valence-corrected chi connectivity index (χ0v) is 10.3. The predicted molar refractivity (Wildman–Crippen MR) is 61.1 cm³/mol. The van der Waals surface area contributed by atoms with Gasteiger partial charge in [-0.1, -0.05) is 20.3 Å². The largest absolute Gasteiger partial charge is 0.341 e. The van der Waals surface area contributed by atoms with Gasteiger partial charge >= 0.3 is 0 Å². The van der Waals surface area contributed by atoms with Gasteiger partial charge < -0.3 is 4.90 Å². The van der Waals surface area contributed by atoms with Gasteiger partial charge in [-0.15, -0.1) is 0 Å². The highest BCUT2D eigenvalue weighted by Crippen LogP contribution is 2.11. The van der Waals surface area contributed by atoms with Gasteiger partial charge in [-0.2, -0.15) is 5.26 Å². The predicted octanol–water partition coefficient (Wildman–Crippen LogP) is 2.43. The molecule has 0 spiro atoms. The van der Waals surface area contributed by atoms with Gasteiger partial charge in [-0.25, -0.2) is 0 Å². The molecule has 0 saturated carbocycles. The van der Waals surface area contributed by atoms with E-state index in [1.807, 2.05) is 20.8 Å². The minimum Gasteiger partial charge on any atom is -0.341 e. The zero-order chi connectivity index (χ0) is 11.8. The van der Waals surface area contributed by atoms with Crippen LogP contribution in [0.2, 0.25) is 0 Å². The summed E-state index contributed by atoms with van der Waals surface area (Å²) in [7, 11) is 0. The van der Waals surface area contributed by atoms with Gasteiger partial charge in [-0.3, -0.25) is 4.79 Å². The molecule has 0 fully saturated rings. The fourth-order valence-electron chi connectivity index (χ4n) is 1.61. The minimum absolute atomic E-state index is 0.0808. The maximum atomic E-state index is 11.9. The van der Waals surface area contributed by atoms with Crippen LogP contribution in [0.25, 0.3) is 0 Å². The molecule has 0 saturated heterocycles. The van der Waals surface area contributed by atoms with Crippen LogP contribution in [0.5, 0.6) is 0 Å². The van der Waals surface area contributed by atoms with Gasteiger partial charge in [0, 0.05) is 19.0 Å². The number of hydrogen-bond acceptors (Lipinski definition) is 2. The van der Waals surface area contributed by atoms with Crippen LogP contribution in [-0.4, -0.2) is 23.9 Å². The quantitative estimate of drug-likeness (QED) is 0.676. The molecule has 2 atom stereocenters. The Hall–Kier alpha value is -1.04. The molecule has 0 aliphatic rings. The first kappa shape index (κ1) is 14.0. The molecule has 0 N–H and O–H groups in total. The Kier molecular flexibility index (Phi) is 6.77. The van der Waals surface area contributed by atoms with Crippen molar-refractivity contribution in [1.29, 1.82) is 5.26 Å². The Morgan fingerprint density at radius 3 is 2.40 bits per heavy atom. The van der Waals surface area contributed by atoms with Crippen molar-refractivity contribution in [2.45, 2.75) is 40.5 Å². The SMILES string of the molecule is CCCC(C)C(=O)N(CC)CC(C)C#N. The summed E-state index contributed by atoms with van der Waals surface area (Å²) in [5, 5.41) is 8.71. The summed E-state index contributed by atoms with van der Waals surface area (Å²) in [5.74, 6) is 0.185. The highest BCUT2D eigenvalue weighted by Gasteiger charge is 2.19. The monoisotopic (exact) mass is 210 g/mol. The van der Waals surface area contributed by atoms with Crippen LogP contribution in [0.3, 0.4) is 0 Å². The van der Waals surface area contributed by atoms with E-state index in [1.54, 1.807) is 4.90 Å². The van der Waals surface area contributed by atoms with Crippen LogP contribution in [0.1, 0.15) is 40.5 Å². The average molecular weight is 210 g/mol. The number of rotatable bonds is 6. The summed E-state index contributed by atoms with van der Waals surface area (Å²) < 4.78 is 0. The fourth-order valence-corrected chi connectivity index (χ4v) is 1.61. The molecule has 0 rings (SSSR count). The Labute approximate surface area is 93.1 Å². The summed E-state index contributed by atoms with van der Waals surface area (Å²) >= 11 is 0. The smallest absolute Gasteiger partial charge is 0.225 e. The van der Waals surface area contributed by atoms with E-state index in [9.17, 15) is 4.79 Å². The molecule has 2 unspecified atom stereocenters. The zero-order valence-electron chi connectivity index (χ0n) is 10.3. The number of hydrogen-bond donors (Lipinski definition) is 0. The highest BCUT2D eigenvalue weighted by molar-refractivity contribution is 5.78. The summed E-state index contributed by atoms with van der Waals surface area (Å²) in [6, 6.07) is 2.16. The van der Waals surface area contributed by atoms with Crippen molar-refractivity contribution in [3.63, 3.8) is 0 Å². The second kappa shape index (κ2) is 7.28. The summed E-state index contributed by atoms with van der Waals surface area (Å²) in [6.45, 7) is 9.10. The molecule has 3 nitrogen and oxygen atoms in total. The lowest BCUT2D eigenvalue weighted by Gasteiger charge is -2.25. The molecule has 0 aromatic carbocycles. The average Bonchev–Trinajstić information content (AvgIpc) is 2.24. The van der Waals surface area contributed by atoms with E-state index in [-0.39, 0.29) is 17.7 Å². The molecule has 0 aromatic rings.